The Labute approximate surface area is 338 Å². The van der Waals surface area contributed by atoms with Crippen molar-refractivity contribution in [3.05, 3.63) is 90.9 Å². The van der Waals surface area contributed by atoms with Gasteiger partial charge in [-0.15, -0.1) is 34.4 Å². The molecular weight excluding hydrogens is 837 g/mol. The molecule has 2 atom stereocenters. The van der Waals surface area contributed by atoms with E-state index in [9.17, 15) is 19.2 Å². The normalized spacial score (nSPS) is 10.2. The number of carbonyl (C=O) groups excluding carboxylic acids is 4. The molecule has 6 rings (SSSR count). The number of methoxy groups -OCH3 is 2. The number of aromatic amines is 2. The van der Waals surface area contributed by atoms with Crippen molar-refractivity contribution in [2.24, 2.45) is 0 Å². The van der Waals surface area contributed by atoms with Crippen LogP contribution in [-0.4, -0.2) is 58.4 Å². The fraction of sp³-hybridized carbons (Fsp3) is 0.0645. The fourth-order valence-electron chi connectivity index (χ4n) is 4.22. The van der Waals surface area contributed by atoms with E-state index >= 15 is 0 Å². The Morgan fingerprint density at radius 1 is 0.878 bits per heavy atom. The van der Waals surface area contributed by atoms with E-state index in [2.05, 4.69) is 91.1 Å². The molecule has 3 aromatic heterocycles. The molecule has 18 heteroatoms. The van der Waals surface area contributed by atoms with Crippen LogP contribution in [0, 0.1) is 13.1 Å². The third-order valence-electron chi connectivity index (χ3n) is 6.32. The van der Waals surface area contributed by atoms with E-state index in [1.54, 1.807) is 17.5 Å². The number of ether oxygens (including phenoxy) is 2. The van der Waals surface area contributed by atoms with Crippen LogP contribution < -0.4 is 11.1 Å². The molecule has 4 N–H and O–H groups in total. The van der Waals surface area contributed by atoms with E-state index < -0.39 is 12.2 Å². The smallest absolute Gasteiger partial charge is 0.632 e. The first-order chi connectivity index (χ1) is 22.2. The largest absolute Gasteiger partial charge is 2.00 e. The number of benzene rings is 3. The molecule has 3 radical (unpaired) electrons. The van der Waals surface area contributed by atoms with Crippen molar-refractivity contribution in [3.8, 4) is 33.0 Å². The summed E-state index contributed by atoms with van der Waals surface area (Å²) in [6, 6.07) is 22.8. The van der Waals surface area contributed by atoms with Gasteiger partial charge in [0.2, 0.25) is 12.2 Å². The van der Waals surface area contributed by atoms with Crippen molar-refractivity contribution in [2.75, 3.05) is 14.2 Å². The van der Waals surface area contributed by atoms with Gasteiger partial charge in [-0.3, -0.25) is 9.59 Å². The summed E-state index contributed by atoms with van der Waals surface area (Å²) < 4.78 is 8.73. The van der Waals surface area contributed by atoms with E-state index in [-0.39, 0.29) is 87.0 Å². The van der Waals surface area contributed by atoms with Crippen molar-refractivity contribution >= 4 is 84.7 Å². The Kier molecular flexibility index (Phi) is 19.3. The Bertz CT molecular complexity index is 2030. The van der Waals surface area contributed by atoms with Gasteiger partial charge in [0.15, 0.2) is 0 Å². The van der Waals surface area contributed by atoms with Gasteiger partial charge in [-0.1, -0.05) is 47.6 Å². The van der Waals surface area contributed by atoms with Crippen LogP contribution >= 0.6 is 28.5 Å². The van der Waals surface area contributed by atoms with E-state index in [0.717, 1.165) is 58.6 Å². The number of nitrogens with one attached hydrogen (secondary N) is 4. The van der Waals surface area contributed by atoms with E-state index in [1.807, 2.05) is 18.1 Å². The van der Waals surface area contributed by atoms with Gasteiger partial charge in [0.25, 0.3) is 0 Å². The predicted molar refractivity (Wildman–Crippen MR) is 184 cm³/mol. The second-order valence-corrected chi connectivity index (χ2v) is 12.0. The number of aromatic nitrogens is 4. The number of hydrogen-bond acceptors (Lipinski definition) is 9. The average molecular weight is 861 g/mol. The maximum atomic E-state index is 10.7. The molecule has 0 aliphatic rings. The van der Waals surface area contributed by atoms with Crippen LogP contribution in [0.2, 0.25) is 0 Å². The number of hydrogen-bond donors (Lipinski definition) is 2. The molecule has 0 fully saturated rings. The van der Waals surface area contributed by atoms with E-state index in [1.165, 1.54) is 15.0 Å². The number of rotatable bonds is 7. The maximum Gasteiger partial charge on any atom is 2.00 e. The topological polar surface area (TPSA) is 192 Å². The molecule has 0 aliphatic carbocycles. The first-order valence-electron chi connectivity index (χ1n) is 13.0. The standard InChI is InChI=1S/C27H16N4O2P2S.2C2H5NO2.2V.Y/c1-15-20-6-5-18(8-16(20)4-7-21(15)23-12-29-27(31-23)35-14-33)25-10-19-3-2-17(9-24(19)36-25)22-11-28-26(30-22)34-13-32;2*1-5-2(3)4;;;/h2-11,34-35H,1H2,(H,28,30)(H,29,31);2*1H3,(H2,3,4);;;/q-4;;;2*+2;/p-2. The summed E-state index contributed by atoms with van der Waals surface area (Å²) in [5.74, 6) is 0. The molecule has 2 amide bonds. The molecule has 0 saturated carbocycles. The quantitative estimate of drug-likeness (QED) is 0.129. The van der Waals surface area contributed by atoms with E-state index in [4.69, 9.17) is 11.5 Å². The molecule has 0 saturated heterocycles. The number of carbonyl (C=O) groups is 2. The Hall–Kier alpha value is -2.82. The summed E-state index contributed by atoms with van der Waals surface area (Å²) in [4.78, 5) is 55.7. The molecule has 12 nitrogen and oxygen atoms in total. The van der Waals surface area contributed by atoms with Crippen molar-refractivity contribution in [1.82, 2.24) is 19.9 Å². The van der Waals surface area contributed by atoms with Crippen LogP contribution in [0.1, 0.15) is 5.56 Å². The Balaban J connectivity index is 0.000000817. The summed E-state index contributed by atoms with van der Waals surface area (Å²) >= 11 is 1.74. The van der Waals surface area contributed by atoms with Crippen LogP contribution in [-0.2, 0) is 88.9 Å². The number of fused-ring (bicyclic) bond motifs is 2. The predicted octanol–water partition coefficient (Wildman–Crippen LogP) is 6.83. The van der Waals surface area contributed by atoms with Gasteiger partial charge in [0.05, 0.1) is 31.7 Å². The molecular formula is C31H24N6O6P2SV2Y-2. The van der Waals surface area contributed by atoms with Crippen molar-refractivity contribution in [3.63, 3.8) is 0 Å². The molecule has 6 aromatic rings. The number of H-pyrrole nitrogens is 2. The van der Waals surface area contributed by atoms with Gasteiger partial charge in [0.1, 0.15) is 0 Å². The van der Waals surface area contributed by atoms with Gasteiger partial charge in [-0.05, 0) is 28.6 Å². The monoisotopic (exact) mass is 861 g/mol. The number of nitrogens with zero attached hydrogens (tertiary/aromatic N) is 2. The van der Waals surface area contributed by atoms with Crippen molar-refractivity contribution < 1.29 is 98.5 Å². The summed E-state index contributed by atoms with van der Waals surface area (Å²) in [5.41, 5.74) is 18.7. The van der Waals surface area contributed by atoms with Crippen LogP contribution in [0.15, 0.2) is 60.8 Å². The molecule has 245 valence electrons. The minimum Gasteiger partial charge on any atom is -0.632 e. The average Bonchev–Trinajstić information content (AvgIpc) is 3.82. The van der Waals surface area contributed by atoms with Crippen LogP contribution in [0.5, 0.6) is 0 Å². The Morgan fingerprint density at radius 2 is 1.49 bits per heavy atom. The van der Waals surface area contributed by atoms with Crippen molar-refractivity contribution in [2.45, 2.75) is 0 Å². The minimum atomic E-state index is -0.995. The molecule has 3 heterocycles. The van der Waals surface area contributed by atoms with Gasteiger partial charge in [0, 0.05) is 47.8 Å². The van der Waals surface area contributed by atoms with Gasteiger partial charge in [-0.2, -0.15) is 21.1 Å². The second-order valence-electron chi connectivity index (χ2n) is 9.05. The number of imidazole rings is 2. The fourth-order valence-corrected chi connectivity index (χ4v) is 6.14. The SMILES string of the molecule is COC([NH-])=O.COC([NH-])=O.[CH2-]c1c(-c2[c-]nc(P[C-]=O)[nH]2)ccc2cc(-c3cc4ccc(-c5cnc(P[C-]=O)[nH]5)cc4s3)ccc12.[V+2].[V+2].[Y]. The van der Waals surface area contributed by atoms with Crippen LogP contribution in [0.25, 0.3) is 65.3 Å². The Morgan fingerprint density at radius 3 is 2.12 bits per heavy atom. The summed E-state index contributed by atoms with van der Waals surface area (Å²) in [5, 5.41) is 3.32. The summed E-state index contributed by atoms with van der Waals surface area (Å²) in [6.07, 6.45) is 2.72. The zero-order chi connectivity index (χ0) is 33.2. The van der Waals surface area contributed by atoms with Gasteiger partial charge in [-0.25, -0.2) is 25.6 Å². The molecule has 49 heavy (non-hydrogen) atoms. The molecule has 0 aliphatic heterocycles. The van der Waals surface area contributed by atoms with E-state index in [0.29, 0.717) is 11.1 Å². The minimum absolute atomic E-state index is 0. The number of amides is 2. The van der Waals surface area contributed by atoms with Gasteiger partial charge < -0.3 is 45.5 Å². The zero-order valence-electron chi connectivity index (χ0n) is 25.7. The first-order valence-corrected chi connectivity index (χ1v) is 15.8. The summed E-state index contributed by atoms with van der Waals surface area (Å²) in [7, 11) is 2.09. The third kappa shape index (κ3) is 11.9. The van der Waals surface area contributed by atoms with Gasteiger partial charge >= 0.3 is 37.1 Å². The third-order valence-corrected chi connectivity index (χ3v) is 8.64. The summed E-state index contributed by atoms with van der Waals surface area (Å²) in [6.45, 7) is 4.30. The molecule has 3 aromatic carbocycles. The maximum absolute atomic E-state index is 10.7. The van der Waals surface area contributed by atoms with Crippen LogP contribution in [0.4, 0.5) is 9.59 Å². The first kappa shape index (κ1) is 44.2. The molecule has 2 unspecified atom stereocenters. The zero-order valence-corrected chi connectivity index (χ0v) is 34.2. The number of thiophene rings is 1. The molecule has 0 bridgehead atoms. The second kappa shape index (κ2) is 21.4. The van der Waals surface area contributed by atoms with Crippen LogP contribution in [0.3, 0.4) is 0 Å². The molecule has 0 spiro atoms. The van der Waals surface area contributed by atoms with Crippen molar-refractivity contribution in [1.29, 1.82) is 0 Å².